The average Bonchev–Trinajstić information content (AvgIpc) is 2.40. The van der Waals surface area contributed by atoms with Gasteiger partial charge in [-0.25, -0.2) is 0 Å². The fourth-order valence-corrected chi connectivity index (χ4v) is 2.11. The summed E-state index contributed by atoms with van der Waals surface area (Å²) in [6.07, 6.45) is 8.93. The molecule has 0 unspecified atom stereocenters. The van der Waals surface area contributed by atoms with Gasteiger partial charge in [-0.1, -0.05) is 42.0 Å². The molecule has 0 radical (unpaired) electrons. The van der Waals surface area contributed by atoms with Crippen LogP contribution in [0.1, 0.15) is 25.8 Å². The van der Waals surface area contributed by atoms with Gasteiger partial charge in [0.15, 0.2) is 0 Å². The zero-order valence-corrected chi connectivity index (χ0v) is 10.6. The molecule has 1 aromatic carbocycles. The summed E-state index contributed by atoms with van der Waals surface area (Å²) in [6, 6.07) is 7.64. The molecule has 2 rings (SSSR count). The minimum atomic E-state index is 0.611. The zero-order valence-electron chi connectivity index (χ0n) is 10.6. The largest absolute Gasteiger partial charge is 0.387 e. The number of nitrogens with zero attached hydrogens (tertiary/aromatic N) is 1. The highest BCUT2D eigenvalue weighted by Crippen LogP contribution is 2.36. The lowest BCUT2D eigenvalue weighted by atomic mass is 9.89. The lowest BCUT2D eigenvalue weighted by Gasteiger charge is -2.17. The van der Waals surface area contributed by atoms with Crippen molar-refractivity contribution >= 4 is 5.57 Å². The summed E-state index contributed by atoms with van der Waals surface area (Å²) >= 11 is 0. The third-order valence-corrected chi connectivity index (χ3v) is 2.98. The first-order valence-corrected chi connectivity index (χ1v) is 5.93. The number of hydrogen-bond donors (Lipinski definition) is 0. The molecule has 18 heavy (non-hydrogen) atoms. The third kappa shape index (κ3) is 2.36. The van der Waals surface area contributed by atoms with E-state index in [1.54, 1.807) is 6.26 Å². The van der Waals surface area contributed by atoms with E-state index in [0.717, 1.165) is 17.6 Å². The van der Waals surface area contributed by atoms with Gasteiger partial charge in [-0.15, -0.1) is 5.26 Å². The molecule has 0 bridgehead atoms. The molecular weight excluding hydrogens is 222 g/mol. The summed E-state index contributed by atoms with van der Waals surface area (Å²) in [5.74, 6) is 0.611. The second-order valence-corrected chi connectivity index (χ2v) is 4.38. The average molecular weight is 237 g/mol. The topological polar surface area (TPSA) is 33.0 Å². The van der Waals surface area contributed by atoms with Crippen LogP contribution in [-0.2, 0) is 0 Å². The highest BCUT2D eigenvalue weighted by molar-refractivity contribution is 5.85. The van der Waals surface area contributed by atoms with Gasteiger partial charge < -0.3 is 4.74 Å². The van der Waals surface area contributed by atoms with E-state index in [9.17, 15) is 0 Å². The molecule has 1 aliphatic carbocycles. The smallest absolute Gasteiger partial charge is 0.292 e. The van der Waals surface area contributed by atoms with Crippen LogP contribution in [0.3, 0.4) is 0 Å². The molecule has 0 heterocycles. The van der Waals surface area contributed by atoms with Gasteiger partial charge in [-0.2, -0.15) is 0 Å². The summed E-state index contributed by atoms with van der Waals surface area (Å²) < 4.78 is 5.04. The van der Waals surface area contributed by atoms with Crippen LogP contribution in [0.4, 0.5) is 0 Å². The Morgan fingerprint density at radius 2 is 2.06 bits per heavy atom. The molecule has 0 saturated carbocycles. The van der Waals surface area contributed by atoms with Gasteiger partial charge in [0.2, 0.25) is 0 Å². The molecule has 0 aromatic heterocycles. The first kappa shape index (κ1) is 12.2. The standard InChI is InChI=1S/C16H15NO/c1-12(2)13-7-3-4-8-14(13)15-9-5-6-10-16(15)18-11-17/h3-6,8-10H,7H2,1-2H3. The molecule has 0 fully saturated rings. The van der Waals surface area contributed by atoms with Crippen LogP contribution < -0.4 is 4.74 Å². The second kappa shape index (κ2) is 5.37. The summed E-state index contributed by atoms with van der Waals surface area (Å²) in [5, 5.41) is 8.70. The number of nitriles is 1. The Hall–Kier alpha value is -2.27. The summed E-state index contributed by atoms with van der Waals surface area (Å²) in [7, 11) is 0. The SMILES string of the molecule is CC(C)=C1CC=CC=C1c1ccccc1OC#N. The van der Waals surface area contributed by atoms with E-state index in [-0.39, 0.29) is 0 Å². The number of hydrogen-bond acceptors (Lipinski definition) is 2. The van der Waals surface area contributed by atoms with Crippen LogP contribution in [-0.4, -0.2) is 0 Å². The van der Waals surface area contributed by atoms with Crippen molar-refractivity contribution in [3.8, 4) is 12.0 Å². The molecule has 0 amide bonds. The van der Waals surface area contributed by atoms with Crippen molar-refractivity contribution in [2.24, 2.45) is 0 Å². The fourth-order valence-electron chi connectivity index (χ4n) is 2.11. The number of para-hydroxylation sites is 1. The lowest BCUT2D eigenvalue weighted by molar-refractivity contribution is 0.505. The van der Waals surface area contributed by atoms with Gasteiger partial charge in [0, 0.05) is 5.56 Å². The van der Waals surface area contributed by atoms with Gasteiger partial charge in [0.25, 0.3) is 6.26 Å². The number of benzene rings is 1. The quantitative estimate of drug-likeness (QED) is 0.721. The van der Waals surface area contributed by atoms with E-state index < -0.39 is 0 Å². The van der Waals surface area contributed by atoms with Crippen LogP contribution in [0, 0.1) is 11.5 Å². The Morgan fingerprint density at radius 1 is 1.28 bits per heavy atom. The zero-order chi connectivity index (χ0) is 13.0. The molecular formula is C16H15NO. The van der Waals surface area contributed by atoms with Gasteiger partial charge in [-0.05, 0) is 37.5 Å². The van der Waals surface area contributed by atoms with E-state index in [4.69, 9.17) is 10.00 Å². The first-order chi connectivity index (χ1) is 8.74. The molecule has 0 N–H and O–H groups in total. The number of rotatable bonds is 2. The van der Waals surface area contributed by atoms with E-state index in [1.807, 2.05) is 30.3 Å². The van der Waals surface area contributed by atoms with Crippen molar-refractivity contribution in [1.82, 2.24) is 0 Å². The maximum Gasteiger partial charge on any atom is 0.292 e. The van der Waals surface area contributed by atoms with Crippen LogP contribution in [0.25, 0.3) is 5.57 Å². The molecule has 0 spiro atoms. The molecule has 2 nitrogen and oxygen atoms in total. The minimum Gasteiger partial charge on any atom is -0.387 e. The Kier molecular flexibility index (Phi) is 3.64. The van der Waals surface area contributed by atoms with Crippen molar-refractivity contribution in [2.75, 3.05) is 0 Å². The monoisotopic (exact) mass is 237 g/mol. The highest BCUT2D eigenvalue weighted by Gasteiger charge is 2.14. The van der Waals surface area contributed by atoms with E-state index in [1.165, 1.54) is 11.1 Å². The Morgan fingerprint density at radius 3 is 2.78 bits per heavy atom. The Bertz CT molecular complexity index is 581. The number of allylic oxidation sites excluding steroid dienone is 6. The van der Waals surface area contributed by atoms with Gasteiger partial charge in [0.1, 0.15) is 5.75 Å². The predicted molar refractivity (Wildman–Crippen MR) is 72.8 cm³/mol. The van der Waals surface area contributed by atoms with Crippen LogP contribution in [0.5, 0.6) is 5.75 Å². The summed E-state index contributed by atoms with van der Waals surface area (Å²) in [5.41, 5.74) is 4.70. The first-order valence-electron chi connectivity index (χ1n) is 5.93. The van der Waals surface area contributed by atoms with Crippen LogP contribution >= 0.6 is 0 Å². The van der Waals surface area contributed by atoms with Gasteiger partial charge in [-0.3, -0.25) is 0 Å². The maximum atomic E-state index is 8.70. The molecule has 90 valence electrons. The molecule has 0 saturated heterocycles. The molecule has 0 aliphatic heterocycles. The van der Waals surface area contributed by atoms with Crippen molar-refractivity contribution in [1.29, 1.82) is 5.26 Å². The fraction of sp³-hybridized carbons (Fsp3) is 0.188. The van der Waals surface area contributed by atoms with Crippen molar-refractivity contribution in [2.45, 2.75) is 20.3 Å². The number of ether oxygens (including phenoxy) is 1. The van der Waals surface area contributed by atoms with E-state index in [2.05, 4.69) is 26.0 Å². The van der Waals surface area contributed by atoms with Crippen molar-refractivity contribution in [3.05, 3.63) is 59.2 Å². The Labute approximate surface area is 108 Å². The van der Waals surface area contributed by atoms with Crippen LogP contribution in [0.15, 0.2) is 53.6 Å². The normalized spacial score (nSPS) is 13.8. The lowest BCUT2D eigenvalue weighted by Crippen LogP contribution is -1.98. The second-order valence-electron chi connectivity index (χ2n) is 4.38. The molecule has 2 heteroatoms. The summed E-state index contributed by atoms with van der Waals surface area (Å²) in [6.45, 7) is 4.21. The van der Waals surface area contributed by atoms with E-state index in [0.29, 0.717) is 5.75 Å². The van der Waals surface area contributed by atoms with E-state index >= 15 is 0 Å². The predicted octanol–water partition coefficient (Wildman–Crippen LogP) is 4.23. The molecule has 1 aliphatic rings. The third-order valence-electron chi connectivity index (χ3n) is 2.98. The summed E-state index contributed by atoms with van der Waals surface area (Å²) in [4.78, 5) is 0. The van der Waals surface area contributed by atoms with Crippen LogP contribution in [0.2, 0.25) is 0 Å². The van der Waals surface area contributed by atoms with Crippen molar-refractivity contribution < 1.29 is 4.74 Å². The minimum absolute atomic E-state index is 0.611. The Balaban J connectivity index is 2.54. The molecule has 0 atom stereocenters. The maximum absolute atomic E-state index is 8.70. The van der Waals surface area contributed by atoms with Crippen molar-refractivity contribution in [3.63, 3.8) is 0 Å². The highest BCUT2D eigenvalue weighted by atomic mass is 16.5. The van der Waals surface area contributed by atoms with Gasteiger partial charge >= 0.3 is 0 Å². The molecule has 1 aromatic rings. The van der Waals surface area contributed by atoms with Gasteiger partial charge in [0.05, 0.1) is 0 Å².